The number of carbonyl (C=O) groups is 1. The fourth-order valence-electron chi connectivity index (χ4n) is 4.46. The van der Waals surface area contributed by atoms with Crippen molar-refractivity contribution in [3.05, 3.63) is 114 Å². The SMILES string of the molecule is Cc1ccc(SCc2nnc(SCC(=O)N3c4ccccc4Sc4ccccc43)n2-c2cccc(C)c2)cc1. The van der Waals surface area contributed by atoms with Crippen LogP contribution in [0.25, 0.3) is 5.69 Å². The molecule has 1 aliphatic heterocycles. The maximum absolute atomic E-state index is 13.8. The van der Waals surface area contributed by atoms with Crippen LogP contribution >= 0.6 is 35.3 Å². The average molecular weight is 567 g/mol. The molecule has 5 nitrogen and oxygen atoms in total. The highest BCUT2D eigenvalue weighted by Gasteiger charge is 2.28. The van der Waals surface area contributed by atoms with Crippen LogP contribution in [0.3, 0.4) is 0 Å². The second-order valence-electron chi connectivity index (χ2n) is 9.23. The maximum atomic E-state index is 13.8. The molecule has 0 saturated heterocycles. The molecule has 4 aromatic carbocycles. The minimum absolute atomic E-state index is 0.00886. The number of carbonyl (C=O) groups excluding carboxylic acids is 1. The van der Waals surface area contributed by atoms with E-state index in [0.717, 1.165) is 38.2 Å². The second-order valence-corrected chi connectivity index (χ2v) is 12.3. The fraction of sp³-hybridized carbons (Fsp3) is 0.129. The zero-order valence-corrected chi connectivity index (χ0v) is 24.0. The van der Waals surface area contributed by atoms with Crippen molar-refractivity contribution in [1.29, 1.82) is 0 Å². The molecule has 0 saturated carbocycles. The molecule has 0 atom stereocenters. The van der Waals surface area contributed by atoms with E-state index in [1.807, 2.05) is 47.4 Å². The predicted molar refractivity (Wildman–Crippen MR) is 162 cm³/mol. The van der Waals surface area contributed by atoms with Crippen molar-refractivity contribution in [1.82, 2.24) is 14.8 Å². The van der Waals surface area contributed by atoms with Gasteiger partial charge in [-0.05, 0) is 67.9 Å². The predicted octanol–water partition coefficient (Wildman–Crippen LogP) is 8.10. The number of aromatic nitrogens is 3. The van der Waals surface area contributed by atoms with Gasteiger partial charge in [-0.3, -0.25) is 14.3 Å². The van der Waals surface area contributed by atoms with Crippen molar-refractivity contribution in [2.24, 2.45) is 0 Å². The van der Waals surface area contributed by atoms with Crippen LogP contribution in [0.1, 0.15) is 17.0 Å². The van der Waals surface area contributed by atoms with Crippen LogP contribution in [0.5, 0.6) is 0 Å². The van der Waals surface area contributed by atoms with Gasteiger partial charge in [0.25, 0.3) is 0 Å². The molecule has 1 aliphatic rings. The molecular weight excluding hydrogens is 541 g/mol. The Morgan fingerprint density at radius 3 is 2.15 bits per heavy atom. The quantitative estimate of drug-likeness (QED) is 0.186. The monoisotopic (exact) mass is 566 g/mol. The van der Waals surface area contributed by atoms with Gasteiger partial charge in [-0.25, -0.2) is 0 Å². The molecule has 194 valence electrons. The summed E-state index contributed by atoms with van der Waals surface area (Å²) in [5, 5.41) is 9.81. The zero-order valence-electron chi connectivity index (χ0n) is 21.6. The van der Waals surface area contributed by atoms with Crippen LogP contribution in [0.2, 0.25) is 0 Å². The van der Waals surface area contributed by atoms with Crippen molar-refractivity contribution in [2.45, 2.75) is 39.4 Å². The molecule has 2 heterocycles. The Balaban J connectivity index is 1.28. The lowest BCUT2D eigenvalue weighted by Crippen LogP contribution is -2.30. The van der Waals surface area contributed by atoms with Crippen molar-refractivity contribution in [2.75, 3.05) is 10.7 Å². The van der Waals surface area contributed by atoms with Crippen LogP contribution in [-0.2, 0) is 10.5 Å². The number of nitrogens with zero attached hydrogens (tertiary/aromatic N) is 4. The number of anilines is 2. The van der Waals surface area contributed by atoms with Gasteiger partial charge >= 0.3 is 0 Å². The standard InChI is InChI=1S/C31H26N4OS3/c1-21-14-16-24(17-15-21)37-19-29-32-33-31(34(29)23-9-7-8-22(2)18-23)38-20-30(36)35-25-10-3-5-12-27(25)39-28-13-6-4-11-26(28)35/h3-18H,19-20H2,1-2H3. The number of hydrogen-bond acceptors (Lipinski definition) is 6. The number of rotatable bonds is 7. The minimum Gasteiger partial charge on any atom is -0.278 e. The third-order valence-corrected chi connectivity index (χ3v) is 9.41. The molecule has 0 N–H and O–H groups in total. The van der Waals surface area contributed by atoms with Crippen LogP contribution in [0.15, 0.2) is 117 Å². The first kappa shape index (κ1) is 25.8. The molecule has 0 unspecified atom stereocenters. The average Bonchev–Trinajstić information content (AvgIpc) is 3.37. The van der Waals surface area contributed by atoms with Gasteiger partial charge in [0.05, 0.1) is 22.9 Å². The van der Waals surface area contributed by atoms with E-state index >= 15 is 0 Å². The highest BCUT2D eigenvalue weighted by Crippen LogP contribution is 2.48. The number of benzene rings is 4. The first-order chi connectivity index (χ1) is 19.1. The van der Waals surface area contributed by atoms with Crippen LogP contribution in [-0.4, -0.2) is 26.4 Å². The Morgan fingerprint density at radius 1 is 0.769 bits per heavy atom. The summed E-state index contributed by atoms with van der Waals surface area (Å²) in [7, 11) is 0. The van der Waals surface area contributed by atoms with Gasteiger partial charge in [-0.15, -0.1) is 22.0 Å². The van der Waals surface area contributed by atoms with Crippen molar-refractivity contribution in [3.8, 4) is 5.69 Å². The van der Waals surface area contributed by atoms with E-state index in [1.165, 1.54) is 22.2 Å². The lowest BCUT2D eigenvalue weighted by molar-refractivity contribution is -0.115. The molecule has 39 heavy (non-hydrogen) atoms. The number of fused-ring (bicyclic) bond motifs is 2. The van der Waals surface area contributed by atoms with E-state index < -0.39 is 0 Å². The molecule has 0 radical (unpaired) electrons. The number of hydrogen-bond donors (Lipinski definition) is 0. The Bertz CT molecular complexity index is 1600. The first-order valence-electron chi connectivity index (χ1n) is 12.6. The molecule has 0 bridgehead atoms. The Hall–Kier alpha value is -3.46. The Morgan fingerprint density at radius 2 is 1.46 bits per heavy atom. The second kappa shape index (κ2) is 11.3. The summed E-state index contributed by atoms with van der Waals surface area (Å²) in [5.41, 5.74) is 5.23. The van der Waals surface area contributed by atoms with E-state index in [4.69, 9.17) is 0 Å². The fourth-order valence-corrected chi connectivity index (χ4v) is 7.15. The van der Waals surface area contributed by atoms with Gasteiger partial charge in [0.15, 0.2) is 5.16 Å². The van der Waals surface area contributed by atoms with Crippen LogP contribution in [0.4, 0.5) is 11.4 Å². The number of thioether (sulfide) groups is 2. The summed E-state index contributed by atoms with van der Waals surface area (Å²) in [6.45, 7) is 4.17. The summed E-state index contributed by atoms with van der Waals surface area (Å²) in [5.74, 6) is 1.77. The van der Waals surface area contributed by atoms with Gasteiger partial charge in [-0.1, -0.05) is 77.6 Å². The lowest BCUT2D eigenvalue weighted by atomic mass is 10.2. The van der Waals surface area contributed by atoms with Crippen molar-refractivity contribution in [3.63, 3.8) is 0 Å². The van der Waals surface area contributed by atoms with Gasteiger partial charge < -0.3 is 0 Å². The summed E-state index contributed by atoms with van der Waals surface area (Å²) in [6, 6.07) is 33.0. The molecule has 0 fully saturated rings. The molecule has 6 rings (SSSR count). The molecule has 5 aromatic rings. The Labute approximate surface area is 241 Å². The summed E-state index contributed by atoms with van der Waals surface area (Å²) < 4.78 is 2.08. The third kappa shape index (κ3) is 5.50. The summed E-state index contributed by atoms with van der Waals surface area (Å²) in [6.07, 6.45) is 0. The van der Waals surface area contributed by atoms with Crippen molar-refractivity contribution < 1.29 is 4.79 Å². The van der Waals surface area contributed by atoms with Gasteiger partial charge in [-0.2, -0.15) is 0 Å². The maximum Gasteiger partial charge on any atom is 0.242 e. The number of aryl methyl sites for hydroxylation is 2. The van der Waals surface area contributed by atoms with Crippen LogP contribution in [0, 0.1) is 13.8 Å². The normalized spacial score (nSPS) is 12.2. The van der Waals surface area contributed by atoms with E-state index in [1.54, 1.807) is 23.5 Å². The minimum atomic E-state index is 0.00886. The number of para-hydroxylation sites is 2. The topological polar surface area (TPSA) is 51.0 Å². The molecule has 1 aromatic heterocycles. The van der Waals surface area contributed by atoms with E-state index in [-0.39, 0.29) is 11.7 Å². The first-order valence-corrected chi connectivity index (χ1v) is 15.4. The van der Waals surface area contributed by atoms with Crippen molar-refractivity contribution >= 4 is 52.6 Å². The summed E-state index contributed by atoms with van der Waals surface area (Å²) in [4.78, 5) is 19.0. The molecule has 1 amide bonds. The largest absolute Gasteiger partial charge is 0.278 e. The van der Waals surface area contributed by atoms with Crippen LogP contribution < -0.4 is 4.90 Å². The molecular formula is C31H26N4OS3. The Kier molecular flexibility index (Phi) is 7.50. The third-order valence-electron chi connectivity index (χ3n) is 6.36. The van der Waals surface area contributed by atoms with Gasteiger partial charge in [0.1, 0.15) is 5.82 Å². The van der Waals surface area contributed by atoms with Gasteiger partial charge in [0, 0.05) is 20.4 Å². The summed E-state index contributed by atoms with van der Waals surface area (Å²) >= 11 is 4.85. The lowest BCUT2D eigenvalue weighted by Gasteiger charge is -2.30. The molecule has 8 heteroatoms. The molecule has 0 spiro atoms. The molecule has 0 aliphatic carbocycles. The van der Waals surface area contributed by atoms with E-state index in [9.17, 15) is 4.79 Å². The van der Waals surface area contributed by atoms with E-state index in [0.29, 0.717) is 10.9 Å². The zero-order chi connectivity index (χ0) is 26.8. The smallest absolute Gasteiger partial charge is 0.242 e. The number of amides is 1. The highest BCUT2D eigenvalue weighted by atomic mass is 32.2. The highest BCUT2D eigenvalue weighted by molar-refractivity contribution is 8.00. The van der Waals surface area contributed by atoms with E-state index in [2.05, 4.69) is 83.2 Å². The van der Waals surface area contributed by atoms with Gasteiger partial charge in [0.2, 0.25) is 5.91 Å².